The summed E-state index contributed by atoms with van der Waals surface area (Å²) in [6.45, 7) is 45.0. The SMILES string of the molecule is CC(C)=CC(CC(C)(C)c1ccccc1)N1CCC(O)(c2ccccc2)CC1.COCCC1(O)CCN(C(C=C(C)C)CC(C)(C)c2ccc(Cl)cc2)CC1.COCCC1(O)CCN(C(C=C(C)C)CC(C)(C)c2ccc(F)cc2)CC1.COCCC1(O)CCN(C(C=C(C)C)CC(C)(C)c2ccccc2)CC1. The zero-order valence-corrected chi connectivity index (χ0v) is 71.1. The Balaban J connectivity index is 0.000000225. The number of halogens is 2. The topological polar surface area (TPSA) is 122 Å². The molecule has 5 aromatic rings. The maximum Gasteiger partial charge on any atom is 0.123 e. The number of hydrogen-bond donors (Lipinski definition) is 4. The molecule has 13 heteroatoms. The lowest BCUT2D eigenvalue weighted by Crippen LogP contribution is -2.49. The van der Waals surface area contributed by atoms with Crippen molar-refractivity contribution in [3.63, 3.8) is 0 Å². The largest absolute Gasteiger partial charge is 0.390 e. The molecule has 4 aliphatic rings. The van der Waals surface area contributed by atoms with Gasteiger partial charge in [0.15, 0.2) is 0 Å². The number of piperidine rings is 4. The standard InChI is InChI=1S/C26H35NO.C23H36ClNO2.C23H36FNO2.C23H37NO2/c1-21(2)19-24(20-25(3,4)22-11-7-5-8-12-22)27-17-15-26(28,16-18-27)23-13-9-6-10-14-23;2*1-18(2)16-21(17-22(3,4)19-6-8-20(24)9-7-19)25-13-10-23(26,11-14-25)12-15-27-5;1-19(2)17-21(18-22(3,4)20-9-7-6-8-10-20)24-14-11-23(25,12-15-24)13-16-26-5/h5-14,19,24,28H,15-18,20H2,1-4H3;2*6-9,16,21,26H,10-15,17H2,1-5H3;6-10,17,21,25H,11-16,18H2,1-5H3. The van der Waals surface area contributed by atoms with Crippen LogP contribution in [0, 0.1) is 5.82 Å². The number of aliphatic hydroxyl groups is 4. The molecule has 0 saturated carbocycles. The minimum Gasteiger partial charge on any atom is -0.390 e. The molecule has 600 valence electrons. The second kappa shape index (κ2) is 42.6. The van der Waals surface area contributed by atoms with Gasteiger partial charge < -0.3 is 34.6 Å². The second-order valence-electron chi connectivity index (χ2n) is 35.8. The smallest absolute Gasteiger partial charge is 0.123 e. The molecule has 4 unspecified atom stereocenters. The first-order valence-corrected chi connectivity index (χ1v) is 40.9. The molecule has 4 saturated heterocycles. The van der Waals surface area contributed by atoms with Crippen molar-refractivity contribution >= 4 is 11.6 Å². The summed E-state index contributed by atoms with van der Waals surface area (Å²) in [5.74, 6) is -0.193. The lowest BCUT2D eigenvalue weighted by molar-refractivity contribution is -0.0477. The van der Waals surface area contributed by atoms with Crippen LogP contribution in [0.25, 0.3) is 0 Å². The van der Waals surface area contributed by atoms with E-state index in [-0.39, 0.29) is 27.5 Å². The molecule has 4 heterocycles. The van der Waals surface area contributed by atoms with E-state index >= 15 is 0 Å². The molecule has 4 fully saturated rings. The quantitative estimate of drug-likeness (QED) is 0.0329. The number of likely N-dealkylation sites (tertiary alicyclic amines) is 4. The fourth-order valence-corrected chi connectivity index (χ4v) is 16.7. The van der Waals surface area contributed by atoms with Crippen molar-refractivity contribution in [1.82, 2.24) is 19.6 Å². The summed E-state index contributed by atoms with van der Waals surface area (Å²) in [5.41, 5.74) is 9.43. The van der Waals surface area contributed by atoms with E-state index in [1.165, 1.54) is 39.0 Å². The molecule has 0 aliphatic carbocycles. The van der Waals surface area contributed by atoms with Crippen molar-refractivity contribution in [1.29, 1.82) is 0 Å². The molecule has 0 spiro atoms. The molecule has 11 nitrogen and oxygen atoms in total. The summed E-state index contributed by atoms with van der Waals surface area (Å²) < 4.78 is 28.8. The van der Waals surface area contributed by atoms with E-state index in [0.29, 0.717) is 50.4 Å². The fraction of sp³-hybridized carbons (Fsp3) is 0.600. The van der Waals surface area contributed by atoms with E-state index in [2.05, 4.69) is 240 Å². The number of allylic oxidation sites excluding steroid dienone is 4. The molecule has 0 amide bonds. The van der Waals surface area contributed by atoms with E-state index in [1.54, 1.807) is 33.5 Å². The average Bonchev–Trinajstić information content (AvgIpc) is 0.810. The van der Waals surface area contributed by atoms with E-state index in [9.17, 15) is 24.8 Å². The van der Waals surface area contributed by atoms with Gasteiger partial charge in [0.05, 0.1) is 22.4 Å². The van der Waals surface area contributed by atoms with Gasteiger partial charge in [-0.15, -0.1) is 0 Å². The maximum atomic E-state index is 13.3. The summed E-state index contributed by atoms with van der Waals surface area (Å²) in [6.07, 6.45) is 22.3. The van der Waals surface area contributed by atoms with E-state index < -0.39 is 22.4 Å². The molecule has 4 atom stereocenters. The van der Waals surface area contributed by atoms with Gasteiger partial charge in [0.1, 0.15) is 5.82 Å². The maximum absolute atomic E-state index is 13.3. The first kappa shape index (κ1) is 91.7. The van der Waals surface area contributed by atoms with Crippen LogP contribution in [0.5, 0.6) is 0 Å². The third kappa shape index (κ3) is 29.7. The van der Waals surface area contributed by atoms with Crippen LogP contribution < -0.4 is 0 Å². The highest BCUT2D eigenvalue weighted by atomic mass is 35.5. The Morgan fingerprint density at radius 2 is 0.602 bits per heavy atom. The first-order valence-electron chi connectivity index (χ1n) is 40.5. The van der Waals surface area contributed by atoms with Gasteiger partial charge in [0, 0.05) is 123 Å². The minimum atomic E-state index is -0.692. The summed E-state index contributed by atoms with van der Waals surface area (Å²) >= 11 is 6.07. The summed E-state index contributed by atoms with van der Waals surface area (Å²) in [4.78, 5) is 10.1. The van der Waals surface area contributed by atoms with Crippen LogP contribution in [0.4, 0.5) is 4.39 Å². The fourth-order valence-electron chi connectivity index (χ4n) is 16.6. The zero-order chi connectivity index (χ0) is 79.6. The number of rotatable bonds is 30. The van der Waals surface area contributed by atoms with Crippen molar-refractivity contribution in [2.45, 2.75) is 275 Å². The van der Waals surface area contributed by atoms with Crippen molar-refractivity contribution < 1.29 is 39.0 Å². The molecule has 0 aromatic heterocycles. The highest BCUT2D eigenvalue weighted by Crippen LogP contribution is 2.41. The van der Waals surface area contributed by atoms with Gasteiger partial charge in [-0.1, -0.05) is 229 Å². The van der Waals surface area contributed by atoms with Crippen molar-refractivity contribution in [2.75, 3.05) is 93.5 Å². The predicted octanol–water partition coefficient (Wildman–Crippen LogP) is 20.1. The number of benzene rings is 5. The van der Waals surface area contributed by atoms with E-state index in [1.807, 2.05) is 42.5 Å². The summed E-state index contributed by atoms with van der Waals surface area (Å²) in [6, 6.07) is 48.4. The highest BCUT2D eigenvalue weighted by Gasteiger charge is 2.41. The zero-order valence-electron chi connectivity index (χ0n) is 70.3. The van der Waals surface area contributed by atoms with Crippen LogP contribution in [-0.2, 0) is 41.5 Å². The predicted molar refractivity (Wildman–Crippen MR) is 452 cm³/mol. The van der Waals surface area contributed by atoms with Gasteiger partial charge in [-0.25, -0.2) is 4.39 Å². The number of methoxy groups -OCH3 is 3. The van der Waals surface area contributed by atoms with E-state index in [0.717, 1.165) is 158 Å². The lowest BCUT2D eigenvalue weighted by Gasteiger charge is -2.43. The van der Waals surface area contributed by atoms with Crippen molar-refractivity contribution in [3.8, 4) is 0 Å². The third-order valence-electron chi connectivity index (χ3n) is 23.7. The van der Waals surface area contributed by atoms with Crippen LogP contribution in [0.15, 0.2) is 186 Å². The molecule has 9 rings (SSSR count). The van der Waals surface area contributed by atoms with Gasteiger partial charge in [0.2, 0.25) is 0 Å². The molecule has 108 heavy (non-hydrogen) atoms. The normalized spacial score (nSPS) is 18.9. The van der Waals surface area contributed by atoms with Gasteiger partial charge in [-0.3, -0.25) is 19.6 Å². The Morgan fingerprint density at radius 3 is 0.852 bits per heavy atom. The van der Waals surface area contributed by atoms with Crippen LogP contribution >= 0.6 is 11.6 Å². The van der Waals surface area contributed by atoms with E-state index in [4.69, 9.17) is 25.8 Å². The average molecular weight is 1510 g/mol. The van der Waals surface area contributed by atoms with Gasteiger partial charge in [-0.2, -0.15) is 0 Å². The molecule has 4 aliphatic heterocycles. The van der Waals surface area contributed by atoms with Crippen LogP contribution in [0.3, 0.4) is 0 Å². The number of ether oxygens (including phenoxy) is 3. The Hall–Kier alpha value is -5.16. The molecule has 5 aromatic carbocycles. The summed E-state index contributed by atoms with van der Waals surface area (Å²) in [7, 11) is 5.08. The monoisotopic (exact) mass is 1510 g/mol. The Kier molecular flexibility index (Phi) is 36.2. The lowest BCUT2D eigenvalue weighted by atomic mass is 9.77. The Morgan fingerprint density at radius 1 is 0.370 bits per heavy atom. The van der Waals surface area contributed by atoms with Gasteiger partial charge >= 0.3 is 0 Å². The molecule has 0 bridgehead atoms. The molecule has 0 radical (unpaired) electrons. The molecular weight excluding hydrogens is 1360 g/mol. The van der Waals surface area contributed by atoms with Crippen LogP contribution in [0.2, 0.25) is 5.02 Å². The Bertz CT molecular complexity index is 3380. The third-order valence-corrected chi connectivity index (χ3v) is 23.9. The number of hydrogen-bond acceptors (Lipinski definition) is 11. The Labute approximate surface area is 660 Å². The van der Waals surface area contributed by atoms with Gasteiger partial charge in [0.25, 0.3) is 0 Å². The minimum absolute atomic E-state index is 0.0466. The van der Waals surface area contributed by atoms with Crippen LogP contribution in [-0.4, -0.2) is 175 Å². The van der Waals surface area contributed by atoms with Crippen molar-refractivity contribution in [3.05, 3.63) is 225 Å². The van der Waals surface area contributed by atoms with Crippen LogP contribution in [0.1, 0.15) is 235 Å². The summed E-state index contributed by atoms with van der Waals surface area (Å²) in [5, 5.41) is 44.3. The highest BCUT2D eigenvalue weighted by molar-refractivity contribution is 6.30. The first-order chi connectivity index (χ1) is 50.9. The van der Waals surface area contributed by atoms with Crippen molar-refractivity contribution in [2.24, 2.45) is 0 Å². The molecular formula is C95H144ClFN4O7. The second-order valence-corrected chi connectivity index (χ2v) is 36.2. The van der Waals surface area contributed by atoms with Gasteiger partial charge in [-0.05, 0) is 225 Å². The number of nitrogens with zero attached hydrogens (tertiary/aromatic N) is 4. The molecule has 4 N–H and O–H groups in total.